The molecule has 3 unspecified atom stereocenters. The summed E-state index contributed by atoms with van der Waals surface area (Å²) < 4.78 is 6.10. The summed E-state index contributed by atoms with van der Waals surface area (Å²) in [5.74, 6) is -3.33. The number of β-lactam (4-membered cyclic amide) rings is 1. The van der Waals surface area contributed by atoms with Gasteiger partial charge < -0.3 is 25.4 Å². The van der Waals surface area contributed by atoms with E-state index in [1.807, 2.05) is 0 Å². The summed E-state index contributed by atoms with van der Waals surface area (Å²) in [4.78, 5) is 62.8. The van der Waals surface area contributed by atoms with Crippen LogP contribution in [0.1, 0.15) is 24.5 Å². The summed E-state index contributed by atoms with van der Waals surface area (Å²) in [6.07, 6.45) is -1.83. The van der Waals surface area contributed by atoms with Gasteiger partial charge in [-0.3, -0.25) is 19.3 Å². The number of fused-ring (bicyclic) bond motifs is 2. The van der Waals surface area contributed by atoms with Crippen molar-refractivity contribution in [2.75, 3.05) is 12.9 Å². The van der Waals surface area contributed by atoms with Crippen LogP contribution >= 0.6 is 23.5 Å². The van der Waals surface area contributed by atoms with Crippen LogP contribution in [0.3, 0.4) is 0 Å². The number of carbonyl (C=O) groups is 4. The predicted octanol–water partition coefficient (Wildman–Crippen LogP) is 0.224. The zero-order valence-electron chi connectivity index (χ0n) is 21.8. The van der Waals surface area contributed by atoms with Gasteiger partial charge in [-0.05, 0) is 41.8 Å². The number of aromatic nitrogens is 4. The fourth-order valence-corrected chi connectivity index (χ4v) is 7.28. The largest absolute Gasteiger partial charge is 0.497 e. The SMILES string of the molecule is COc1ccc(C(O)C(=O)NC2C(=O)N3C(C(=O)O)=C(C(CCC(=O)O)Sc4ccc5n[nH]c(=O)n5n4)CS[C@@H]23)cc1. The van der Waals surface area contributed by atoms with Gasteiger partial charge in [0.05, 0.1) is 7.11 Å². The van der Waals surface area contributed by atoms with Crippen LogP contribution < -0.4 is 15.7 Å². The molecule has 2 amide bonds. The van der Waals surface area contributed by atoms with Crippen molar-refractivity contribution in [1.82, 2.24) is 30.0 Å². The molecule has 4 atom stereocenters. The molecule has 42 heavy (non-hydrogen) atoms. The molecule has 0 bridgehead atoms. The van der Waals surface area contributed by atoms with Crippen LogP contribution in [-0.2, 0) is 19.2 Å². The monoisotopic (exact) mass is 616 g/mol. The molecule has 1 fully saturated rings. The Hall–Kier alpha value is -4.35. The Kier molecular flexibility index (Phi) is 8.24. The second-order valence-electron chi connectivity index (χ2n) is 9.26. The number of aliphatic hydroxyl groups is 1. The molecular formula is C25H24N6O9S2. The number of hydrogen-bond acceptors (Lipinski definition) is 11. The van der Waals surface area contributed by atoms with Crippen molar-refractivity contribution < 1.29 is 39.2 Å². The van der Waals surface area contributed by atoms with Crippen LogP contribution in [0.15, 0.2) is 57.5 Å². The van der Waals surface area contributed by atoms with Crippen molar-refractivity contribution in [2.24, 2.45) is 0 Å². The number of benzene rings is 1. The van der Waals surface area contributed by atoms with E-state index in [1.165, 1.54) is 37.1 Å². The second kappa shape index (κ2) is 11.9. The number of H-pyrrole nitrogens is 1. The molecule has 2 aliphatic heterocycles. The molecule has 5 N–H and O–H groups in total. The van der Waals surface area contributed by atoms with E-state index in [4.69, 9.17) is 4.74 Å². The molecule has 17 heteroatoms. The van der Waals surface area contributed by atoms with E-state index in [2.05, 4.69) is 20.6 Å². The highest BCUT2D eigenvalue weighted by Crippen LogP contribution is 2.44. The topological polar surface area (TPSA) is 217 Å². The van der Waals surface area contributed by atoms with E-state index >= 15 is 0 Å². The average molecular weight is 617 g/mol. The van der Waals surface area contributed by atoms with E-state index in [1.54, 1.807) is 18.2 Å². The summed E-state index contributed by atoms with van der Waals surface area (Å²) in [5.41, 5.74) is -0.0108. The quantitative estimate of drug-likeness (QED) is 0.144. The number of nitrogens with one attached hydrogen (secondary N) is 2. The molecule has 1 aromatic carbocycles. The summed E-state index contributed by atoms with van der Waals surface area (Å²) in [6, 6.07) is 8.20. The van der Waals surface area contributed by atoms with Gasteiger partial charge in [-0.1, -0.05) is 23.9 Å². The number of amides is 2. The standard InChI is InChI=1S/C25H24N6O9S2/c1-40-12-4-2-11(3-5-12)20(34)21(35)26-18-22(36)30-19(24(37)38)13(10-41-23(18)30)14(6-9-17(32)33)42-16-8-7-15-27-28-25(39)31(15)29-16/h2-5,7-8,14,18,20,23,34H,6,9-10H2,1H3,(H,26,35)(H,28,39)(H,32,33)(H,37,38)/t14?,18?,20?,23-/m0/s1. The fourth-order valence-electron chi connectivity index (χ4n) is 4.61. The number of carbonyl (C=O) groups excluding carboxylic acids is 2. The normalized spacial score (nSPS) is 19.6. The lowest BCUT2D eigenvalue weighted by molar-refractivity contribution is -0.151. The number of aliphatic carboxylic acids is 2. The lowest BCUT2D eigenvalue weighted by Crippen LogP contribution is -2.71. The van der Waals surface area contributed by atoms with E-state index in [-0.39, 0.29) is 35.5 Å². The first-order chi connectivity index (χ1) is 20.1. The summed E-state index contributed by atoms with van der Waals surface area (Å²) in [7, 11) is 1.48. The number of carboxylic acids is 2. The lowest BCUT2D eigenvalue weighted by atomic mass is 9.99. The molecule has 220 valence electrons. The Morgan fingerprint density at radius 2 is 1.93 bits per heavy atom. The molecule has 4 heterocycles. The number of aliphatic hydroxyl groups excluding tert-OH is 1. The van der Waals surface area contributed by atoms with Crippen LogP contribution in [0, 0.1) is 0 Å². The minimum Gasteiger partial charge on any atom is -0.497 e. The maximum atomic E-state index is 13.2. The highest BCUT2D eigenvalue weighted by atomic mass is 32.2. The van der Waals surface area contributed by atoms with Gasteiger partial charge in [0, 0.05) is 17.4 Å². The van der Waals surface area contributed by atoms with Crippen molar-refractivity contribution in [3.63, 3.8) is 0 Å². The highest BCUT2D eigenvalue weighted by Gasteiger charge is 2.55. The summed E-state index contributed by atoms with van der Waals surface area (Å²) >= 11 is 2.28. The number of aromatic amines is 1. The molecule has 5 rings (SSSR count). The van der Waals surface area contributed by atoms with Crippen molar-refractivity contribution in [3.8, 4) is 5.75 Å². The van der Waals surface area contributed by atoms with Gasteiger partial charge in [0.15, 0.2) is 11.8 Å². The van der Waals surface area contributed by atoms with Gasteiger partial charge in [0.2, 0.25) is 0 Å². The van der Waals surface area contributed by atoms with E-state index in [0.29, 0.717) is 16.3 Å². The second-order valence-corrected chi connectivity index (χ2v) is 11.6. The van der Waals surface area contributed by atoms with E-state index in [0.717, 1.165) is 21.2 Å². The summed E-state index contributed by atoms with van der Waals surface area (Å²) in [5, 5.41) is 41.6. The predicted molar refractivity (Wildman–Crippen MR) is 148 cm³/mol. The minimum absolute atomic E-state index is 0.0214. The number of thioether (sulfide) groups is 2. The third kappa shape index (κ3) is 5.57. The van der Waals surface area contributed by atoms with E-state index in [9.17, 15) is 39.3 Å². The number of nitrogens with zero attached hydrogens (tertiary/aromatic N) is 4. The van der Waals surface area contributed by atoms with Gasteiger partial charge in [0.1, 0.15) is 27.9 Å². The maximum absolute atomic E-state index is 13.2. The molecule has 1 saturated heterocycles. The molecular weight excluding hydrogens is 592 g/mol. The van der Waals surface area contributed by atoms with Crippen LogP contribution in [0.4, 0.5) is 0 Å². The first-order valence-corrected chi connectivity index (χ1v) is 14.4. The van der Waals surface area contributed by atoms with Gasteiger partial charge in [-0.25, -0.2) is 14.7 Å². The maximum Gasteiger partial charge on any atom is 0.364 e. The van der Waals surface area contributed by atoms with Crippen LogP contribution in [0.25, 0.3) is 5.65 Å². The number of ether oxygens (including phenoxy) is 1. The smallest absolute Gasteiger partial charge is 0.364 e. The Labute approximate surface area is 244 Å². The van der Waals surface area contributed by atoms with Crippen molar-refractivity contribution in [2.45, 2.75) is 40.6 Å². The van der Waals surface area contributed by atoms with Gasteiger partial charge in [-0.15, -0.1) is 11.8 Å². The third-order valence-electron chi connectivity index (χ3n) is 6.70. The Morgan fingerprint density at radius 1 is 1.19 bits per heavy atom. The van der Waals surface area contributed by atoms with Crippen molar-refractivity contribution in [1.29, 1.82) is 0 Å². The van der Waals surface area contributed by atoms with Crippen molar-refractivity contribution in [3.05, 3.63) is 63.7 Å². The number of rotatable bonds is 11. The van der Waals surface area contributed by atoms with Crippen LogP contribution in [-0.4, -0.2) is 93.3 Å². The van der Waals surface area contributed by atoms with Gasteiger partial charge in [0.25, 0.3) is 11.8 Å². The molecule has 2 aliphatic rings. The van der Waals surface area contributed by atoms with Crippen LogP contribution in [0.5, 0.6) is 5.75 Å². The molecule has 15 nitrogen and oxygen atoms in total. The zero-order chi connectivity index (χ0) is 30.1. The molecule has 0 spiro atoms. The number of carboxylic acid groups (broad SMARTS) is 2. The fraction of sp³-hybridized carbons (Fsp3) is 0.320. The molecule has 0 saturated carbocycles. The van der Waals surface area contributed by atoms with Crippen LogP contribution in [0.2, 0.25) is 0 Å². The first-order valence-electron chi connectivity index (χ1n) is 12.5. The highest BCUT2D eigenvalue weighted by molar-refractivity contribution is 8.01. The van der Waals surface area contributed by atoms with Gasteiger partial charge >= 0.3 is 17.6 Å². The first kappa shape index (κ1) is 29.2. The Balaban J connectivity index is 1.38. The summed E-state index contributed by atoms with van der Waals surface area (Å²) in [6.45, 7) is 0. The molecule has 0 aliphatic carbocycles. The number of methoxy groups -OCH3 is 1. The Morgan fingerprint density at radius 3 is 2.60 bits per heavy atom. The number of hydrogen-bond donors (Lipinski definition) is 5. The van der Waals surface area contributed by atoms with E-state index < -0.39 is 52.2 Å². The van der Waals surface area contributed by atoms with Gasteiger partial charge in [-0.2, -0.15) is 14.7 Å². The molecule has 3 aromatic rings. The zero-order valence-corrected chi connectivity index (χ0v) is 23.4. The van der Waals surface area contributed by atoms with Crippen molar-refractivity contribution >= 4 is 52.9 Å². The Bertz CT molecular complexity index is 1650. The molecule has 2 aromatic heterocycles. The third-order valence-corrected chi connectivity index (χ3v) is 9.27. The lowest BCUT2D eigenvalue weighted by Gasteiger charge is -2.50. The average Bonchev–Trinajstić information content (AvgIpc) is 3.36. The minimum atomic E-state index is -1.57. The molecule has 0 radical (unpaired) electrons.